The highest BCUT2D eigenvalue weighted by molar-refractivity contribution is 5.65. The Morgan fingerprint density at radius 3 is 2.59 bits per heavy atom. The van der Waals surface area contributed by atoms with Crippen molar-refractivity contribution in [1.29, 1.82) is 0 Å². The number of nitrogens with zero attached hydrogens (tertiary/aromatic N) is 1. The first kappa shape index (κ1) is 12.4. The van der Waals surface area contributed by atoms with Crippen molar-refractivity contribution in [3.63, 3.8) is 0 Å². The van der Waals surface area contributed by atoms with Gasteiger partial charge in [-0.2, -0.15) is 0 Å². The quantitative estimate of drug-likeness (QED) is 0.861. The van der Waals surface area contributed by atoms with Crippen LogP contribution in [0.3, 0.4) is 0 Å². The van der Waals surface area contributed by atoms with Gasteiger partial charge in [-0.15, -0.1) is 0 Å². The summed E-state index contributed by atoms with van der Waals surface area (Å²) in [5, 5.41) is 3.36. The molecule has 0 spiro atoms. The Kier molecular flexibility index (Phi) is 3.43. The number of hydrogen-bond acceptors (Lipinski definition) is 2. The maximum absolute atomic E-state index is 3.36. The standard InChI is InChI=1S/C15H24N2/c1-10(2)17-11(3)9-13-7-6-8-14(15(13)17)12(4)16-5/h6-8,10-12,16H,9H2,1-5H3. The number of benzene rings is 1. The second kappa shape index (κ2) is 4.69. The second-order valence-corrected chi connectivity index (χ2v) is 5.42. The topological polar surface area (TPSA) is 15.3 Å². The third kappa shape index (κ3) is 2.06. The van der Waals surface area contributed by atoms with E-state index >= 15 is 0 Å². The van der Waals surface area contributed by atoms with Gasteiger partial charge >= 0.3 is 0 Å². The Labute approximate surface area is 105 Å². The molecule has 17 heavy (non-hydrogen) atoms. The molecular weight excluding hydrogens is 208 g/mol. The van der Waals surface area contributed by atoms with Crippen LogP contribution in [-0.2, 0) is 6.42 Å². The lowest BCUT2D eigenvalue weighted by molar-refractivity contribution is 0.595. The highest BCUT2D eigenvalue weighted by atomic mass is 15.2. The van der Waals surface area contributed by atoms with Crippen LogP contribution in [0.1, 0.15) is 44.9 Å². The van der Waals surface area contributed by atoms with Gasteiger partial charge in [0.2, 0.25) is 0 Å². The predicted octanol–water partition coefficient (Wildman–Crippen LogP) is 3.13. The molecule has 2 rings (SSSR count). The normalized spacial score (nSPS) is 20.8. The molecule has 1 heterocycles. The minimum absolute atomic E-state index is 0.413. The van der Waals surface area contributed by atoms with Crippen LogP contribution in [0.4, 0.5) is 5.69 Å². The lowest BCUT2D eigenvalue weighted by Gasteiger charge is -2.32. The van der Waals surface area contributed by atoms with Crippen LogP contribution in [0.2, 0.25) is 0 Å². The number of hydrogen-bond donors (Lipinski definition) is 1. The van der Waals surface area contributed by atoms with E-state index in [2.05, 4.69) is 56.1 Å². The third-order valence-corrected chi connectivity index (χ3v) is 3.86. The maximum atomic E-state index is 3.36. The molecule has 2 atom stereocenters. The van der Waals surface area contributed by atoms with Crippen LogP contribution in [0, 0.1) is 0 Å². The fourth-order valence-electron chi connectivity index (χ4n) is 3.00. The number of nitrogens with one attached hydrogen (secondary N) is 1. The molecule has 1 aliphatic heterocycles. The second-order valence-electron chi connectivity index (χ2n) is 5.42. The number of para-hydroxylation sites is 1. The maximum Gasteiger partial charge on any atom is 0.0452 e. The molecule has 0 saturated carbocycles. The van der Waals surface area contributed by atoms with Gasteiger partial charge in [-0.05, 0) is 52.3 Å². The van der Waals surface area contributed by atoms with Gasteiger partial charge in [0.1, 0.15) is 0 Å². The Balaban J connectivity index is 2.50. The van der Waals surface area contributed by atoms with E-state index in [0.29, 0.717) is 18.1 Å². The zero-order valence-corrected chi connectivity index (χ0v) is 11.6. The van der Waals surface area contributed by atoms with Crippen LogP contribution in [0.5, 0.6) is 0 Å². The van der Waals surface area contributed by atoms with Crippen molar-refractivity contribution < 1.29 is 0 Å². The van der Waals surface area contributed by atoms with Crippen LogP contribution in [0.25, 0.3) is 0 Å². The van der Waals surface area contributed by atoms with Gasteiger partial charge in [-0.3, -0.25) is 0 Å². The first-order valence-corrected chi connectivity index (χ1v) is 6.63. The molecule has 0 aromatic heterocycles. The van der Waals surface area contributed by atoms with Crippen molar-refractivity contribution in [3.8, 4) is 0 Å². The molecule has 1 aromatic rings. The largest absolute Gasteiger partial charge is 0.366 e. The first-order valence-electron chi connectivity index (χ1n) is 6.63. The summed E-state index contributed by atoms with van der Waals surface area (Å²) < 4.78 is 0. The summed E-state index contributed by atoms with van der Waals surface area (Å²) in [7, 11) is 2.03. The average molecular weight is 232 g/mol. The molecule has 0 bridgehead atoms. The molecule has 2 nitrogen and oxygen atoms in total. The van der Waals surface area contributed by atoms with Crippen LogP contribution in [-0.4, -0.2) is 19.1 Å². The predicted molar refractivity (Wildman–Crippen MR) is 74.7 cm³/mol. The average Bonchev–Trinajstić information content (AvgIpc) is 2.63. The summed E-state index contributed by atoms with van der Waals surface area (Å²) >= 11 is 0. The molecule has 2 unspecified atom stereocenters. The van der Waals surface area contributed by atoms with E-state index in [4.69, 9.17) is 0 Å². The monoisotopic (exact) mass is 232 g/mol. The third-order valence-electron chi connectivity index (χ3n) is 3.86. The molecule has 0 amide bonds. The van der Waals surface area contributed by atoms with E-state index in [9.17, 15) is 0 Å². The SMILES string of the molecule is CNC(C)c1cccc2c1N(C(C)C)C(C)C2. The van der Waals surface area contributed by atoms with Crippen LogP contribution in [0.15, 0.2) is 18.2 Å². The molecule has 94 valence electrons. The van der Waals surface area contributed by atoms with Crippen LogP contribution < -0.4 is 10.2 Å². The molecule has 1 N–H and O–H groups in total. The van der Waals surface area contributed by atoms with E-state index < -0.39 is 0 Å². The summed E-state index contributed by atoms with van der Waals surface area (Å²) in [6.45, 7) is 9.13. The highest BCUT2D eigenvalue weighted by Crippen LogP contribution is 2.39. The van der Waals surface area contributed by atoms with Gasteiger partial charge in [-0.25, -0.2) is 0 Å². The molecule has 2 heteroatoms. The van der Waals surface area contributed by atoms with Gasteiger partial charge in [-0.1, -0.05) is 18.2 Å². The Bertz CT molecular complexity index is 398. The first-order chi connectivity index (χ1) is 8.06. The summed E-state index contributed by atoms with van der Waals surface area (Å²) in [6, 6.07) is 8.33. The Morgan fingerprint density at radius 1 is 1.29 bits per heavy atom. The van der Waals surface area contributed by atoms with Crippen LogP contribution >= 0.6 is 0 Å². The highest BCUT2D eigenvalue weighted by Gasteiger charge is 2.30. The molecule has 0 saturated heterocycles. The molecule has 0 fully saturated rings. The number of fused-ring (bicyclic) bond motifs is 1. The summed E-state index contributed by atoms with van der Waals surface area (Å²) in [5.74, 6) is 0. The Morgan fingerprint density at radius 2 is 2.00 bits per heavy atom. The van der Waals surface area contributed by atoms with Gasteiger partial charge in [0.05, 0.1) is 0 Å². The number of anilines is 1. The summed E-state index contributed by atoms with van der Waals surface area (Å²) in [5.41, 5.74) is 4.41. The minimum Gasteiger partial charge on any atom is -0.366 e. The fraction of sp³-hybridized carbons (Fsp3) is 0.600. The molecule has 1 aromatic carbocycles. The Hall–Kier alpha value is -1.02. The fourth-order valence-corrected chi connectivity index (χ4v) is 3.00. The lowest BCUT2D eigenvalue weighted by Crippen LogP contribution is -2.36. The van der Waals surface area contributed by atoms with E-state index in [0.717, 1.165) is 0 Å². The molecule has 0 radical (unpaired) electrons. The van der Waals surface area contributed by atoms with Crippen molar-refractivity contribution in [1.82, 2.24) is 5.32 Å². The van der Waals surface area contributed by atoms with Crippen molar-refractivity contribution in [2.45, 2.75) is 52.2 Å². The van der Waals surface area contributed by atoms with Crippen molar-refractivity contribution in [2.24, 2.45) is 0 Å². The smallest absolute Gasteiger partial charge is 0.0452 e. The van der Waals surface area contributed by atoms with Crippen molar-refractivity contribution >= 4 is 5.69 Å². The van der Waals surface area contributed by atoms with E-state index in [1.54, 1.807) is 0 Å². The lowest BCUT2D eigenvalue weighted by atomic mass is 10.0. The van der Waals surface area contributed by atoms with E-state index in [1.807, 2.05) is 7.05 Å². The van der Waals surface area contributed by atoms with Gasteiger partial charge < -0.3 is 10.2 Å². The van der Waals surface area contributed by atoms with Gasteiger partial charge in [0.25, 0.3) is 0 Å². The van der Waals surface area contributed by atoms with Crippen molar-refractivity contribution in [3.05, 3.63) is 29.3 Å². The molecule has 0 aliphatic carbocycles. The van der Waals surface area contributed by atoms with E-state index in [-0.39, 0.29) is 0 Å². The zero-order chi connectivity index (χ0) is 12.6. The minimum atomic E-state index is 0.413. The molecular formula is C15H24N2. The molecule has 1 aliphatic rings. The summed E-state index contributed by atoms with van der Waals surface area (Å²) in [6.07, 6.45) is 1.18. The zero-order valence-electron chi connectivity index (χ0n) is 11.6. The van der Waals surface area contributed by atoms with Gasteiger partial charge in [0, 0.05) is 23.8 Å². The van der Waals surface area contributed by atoms with Gasteiger partial charge in [0.15, 0.2) is 0 Å². The summed E-state index contributed by atoms with van der Waals surface area (Å²) in [4.78, 5) is 2.57. The number of rotatable bonds is 3. The van der Waals surface area contributed by atoms with E-state index in [1.165, 1.54) is 23.2 Å². The van der Waals surface area contributed by atoms with Crippen molar-refractivity contribution in [2.75, 3.05) is 11.9 Å².